The Labute approximate surface area is 108 Å². The van der Waals surface area contributed by atoms with E-state index < -0.39 is 11.5 Å². The minimum Gasteiger partial charge on any atom is -0.480 e. The molecule has 3 aliphatic rings. The molecule has 3 saturated heterocycles. The molecule has 3 aliphatic heterocycles. The number of piperidine rings is 1. The molecule has 3 fully saturated rings. The van der Waals surface area contributed by atoms with Crippen molar-refractivity contribution < 1.29 is 9.90 Å². The fourth-order valence-corrected chi connectivity index (χ4v) is 4.04. The quantitative estimate of drug-likeness (QED) is 0.716. The Bertz CT molecular complexity index is 328. The molecule has 5 nitrogen and oxygen atoms in total. The molecule has 0 spiro atoms. The van der Waals surface area contributed by atoms with Crippen LogP contribution in [0.1, 0.15) is 19.3 Å². The summed E-state index contributed by atoms with van der Waals surface area (Å²) in [6.45, 7) is 6.77. The number of carboxylic acid groups (broad SMARTS) is 1. The second-order valence-electron chi connectivity index (χ2n) is 5.86. The molecule has 3 heterocycles. The monoisotopic (exact) mass is 253 g/mol. The number of nitrogens with zero attached hydrogens (tertiary/aromatic N) is 2. The van der Waals surface area contributed by atoms with Gasteiger partial charge in [0.1, 0.15) is 5.54 Å². The smallest absolute Gasteiger partial charge is 0.324 e. The lowest BCUT2D eigenvalue weighted by Crippen LogP contribution is -2.63. The average Bonchev–Trinajstić information content (AvgIpc) is 2.60. The van der Waals surface area contributed by atoms with E-state index in [9.17, 15) is 9.90 Å². The maximum absolute atomic E-state index is 12.0. The lowest BCUT2D eigenvalue weighted by atomic mass is 9.77. The first kappa shape index (κ1) is 12.4. The van der Waals surface area contributed by atoms with Crippen molar-refractivity contribution in [2.75, 3.05) is 45.8 Å². The van der Waals surface area contributed by atoms with Crippen LogP contribution in [0.4, 0.5) is 0 Å². The van der Waals surface area contributed by atoms with Gasteiger partial charge in [0.2, 0.25) is 0 Å². The minimum absolute atomic E-state index is 0.321. The SMILES string of the molecule is O=C(O)C1(N2CCCNCC2)CCN2CCC1C2. The first-order chi connectivity index (χ1) is 8.73. The van der Waals surface area contributed by atoms with Gasteiger partial charge in [-0.25, -0.2) is 0 Å². The normalized spacial score (nSPS) is 41.6. The van der Waals surface area contributed by atoms with Crippen LogP contribution in [0.2, 0.25) is 0 Å². The van der Waals surface area contributed by atoms with E-state index in [-0.39, 0.29) is 0 Å². The van der Waals surface area contributed by atoms with Crippen molar-refractivity contribution in [3.63, 3.8) is 0 Å². The maximum atomic E-state index is 12.0. The van der Waals surface area contributed by atoms with Gasteiger partial charge in [-0.2, -0.15) is 0 Å². The number of carboxylic acids is 1. The third-order valence-corrected chi connectivity index (χ3v) is 5.03. The van der Waals surface area contributed by atoms with Crippen LogP contribution in [0.25, 0.3) is 0 Å². The molecule has 0 amide bonds. The van der Waals surface area contributed by atoms with Crippen LogP contribution in [0.15, 0.2) is 0 Å². The molecule has 2 bridgehead atoms. The molecule has 0 aromatic carbocycles. The molecule has 2 N–H and O–H groups in total. The van der Waals surface area contributed by atoms with Gasteiger partial charge in [0.25, 0.3) is 0 Å². The highest BCUT2D eigenvalue weighted by Crippen LogP contribution is 2.40. The van der Waals surface area contributed by atoms with Crippen LogP contribution in [0.3, 0.4) is 0 Å². The van der Waals surface area contributed by atoms with Crippen molar-refractivity contribution >= 4 is 5.97 Å². The van der Waals surface area contributed by atoms with Gasteiger partial charge in [0.05, 0.1) is 0 Å². The van der Waals surface area contributed by atoms with Gasteiger partial charge in [-0.15, -0.1) is 0 Å². The summed E-state index contributed by atoms with van der Waals surface area (Å²) in [7, 11) is 0. The lowest BCUT2D eigenvalue weighted by molar-refractivity contribution is -0.158. The molecular weight excluding hydrogens is 230 g/mol. The summed E-state index contributed by atoms with van der Waals surface area (Å²) < 4.78 is 0. The molecule has 3 rings (SSSR count). The Morgan fingerprint density at radius 2 is 2.11 bits per heavy atom. The van der Waals surface area contributed by atoms with Gasteiger partial charge in [0, 0.05) is 38.6 Å². The zero-order valence-corrected chi connectivity index (χ0v) is 10.9. The average molecular weight is 253 g/mol. The molecule has 3 unspecified atom stereocenters. The first-order valence-corrected chi connectivity index (χ1v) is 7.15. The van der Waals surface area contributed by atoms with Crippen molar-refractivity contribution in [1.82, 2.24) is 15.1 Å². The molecule has 0 radical (unpaired) electrons. The molecule has 102 valence electrons. The third-order valence-electron chi connectivity index (χ3n) is 5.03. The second-order valence-corrected chi connectivity index (χ2v) is 5.86. The number of rotatable bonds is 2. The van der Waals surface area contributed by atoms with E-state index in [1.54, 1.807) is 0 Å². The van der Waals surface area contributed by atoms with Crippen molar-refractivity contribution in [3.05, 3.63) is 0 Å². The van der Waals surface area contributed by atoms with Crippen LogP contribution in [-0.4, -0.2) is 72.2 Å². The summed E-state index contributed by atoms with van der Waals surface area (Å²) in [6, 6.07) is 0. The Hall–Kier alpha value is -0.650. The zero-order valence-electron chi connectivity index (χ0n) is 10.9. The van der Waals surface area contributed by atoms with Gasteiger partial charge in [-0.3, -0.25) is 9.69 Å². The molecule has 5 heteroatoms. The van der Waals surface area contributed by atoms with E-state index in [2.05, 4.69) is 15.1 Å². The molecule has 18 heavy (non-hydrogen) atoms. The Balaban J connectivity index is 1.87. The molecule has 0 aromatic heterocycles. The van der Waals surface area contributed by atoms with Crippen molar-refractivity contribution in [3.8, 4) is 0 Å². The fraction of sp³-hybridized carbons (Fsp3) is 0.923. The number of carbonyl (C=O) groups is 1. The lowest BCUT2D eigenvalue weighted by Gasteiger charge is -2.47. The number of hydrogen-bond acceptors (Lipinski definition) is 4. The highest BCUT2D eigenvalue weighted by atomic mass is 16.4. The second kappa shape index (κ2) is 4.79. The maximum Gasteiger partial charge on any atom is 0.324 e. The molecule has 0 saturated carbocycles. The number of hydrogen-bond donors (Lipinski definition) is 2. The largest absolute Gasteiger partial charge is 0.480 e. The van der Waals surface area contributed by atoms with E-state index in [0.29, 0.717) is 5.92 Å². The summed E-state index contributed by atoms with van der Waals surface area (Å²) in [5, 5.41) is 13.2. The van der Waals surface area contributed by atoms with Gasteiger partial charge in [0.15, 0.2) is 0 Å². The summed E-state index contributed by atoms with van der Waals surface area (Å²) in [5.41, 5.74) is -0.584. The van der Waals surface area contributed by atoms with E-state index in [1.165, 1.54) is 0 Å². The molecule has 3 atom stereocenters. The Morgan fingerprint density at radius 3 is 2.94 bits per heavy atom. The minimum atomic E-state index is -0.587. The highest BCUT2D eigenvalue weighted by molar-refractivity contribution is 5.79. The van der Waals surface area contributed by atoms with Crippen LogP contribution in [-0.2, 0) is 4.79 Å². The number of nitrogens with one attached hydrogen (secondary N) is 1. The summed E-state index contributed by atoms with van der Waals surface area (Å²) in [4.78, 5) is 16.7. The van der Waals surface area contributed by atoms with Gasteiger partial charge >= 0.3 is 5.97 Å². The van der Waals surface area contributed by atoms with Crippen molar-refractivity contribution in [2.45, 2.75) is 24.8 Å². The zero-order chi connectivity index (χ0) is 12.6. The predicted molar refractivity (Wildman–Crippen MR) is 68.6 cm³/mol. The van der Waals surface area contributed by atoms with Crippen LogP contribution >= 0.6 is 0 Å². The van der Waals surface area contributed by atoms with Crippen LogP contribution < -0.4 is 5.32 Å². The summed E-state index contributed by atoms with van der Waals surface area (Å²) >= 11 is 0. The molecule has 0 aliphatic carbocycles. The van der Waals surface area contributed by atoms with Gasteiger partial charge in [-0.1, -0.05) is 0 Å². The Morgan fingerprint density at radius 1 is 1.22 bits per heavy atom. The van der Waals surface area contributed by atoms with E-state index >= 15 is 0 Å². The van der Waals surface area contributed by atoms with Crippen LogP contribution in [0, 0.1) is 5.92 Å². The number of aliphatic carboxylic acids is 1. The van der Waals surface area contributed by atoms with Crippen molar-refractivity contribution in [1.29, 1.82) is 0 Å². The molecular formula is C13H23N3O2. The topological polar surface area (TPSA) is 55.8 Å². The van der Waals surface area contributed by atoms with Crippen molar-refractivity contribution in [2.24, 2.45) is 5.92 Å². The summed E-state index contributed by atoms with van der Waals surface area (Å²) in [6.07, 6.45) is 2.91. The molecule has 0 aromatic rings. The standard InChI is InChI=1S/C13H23N3O2/c17-12(18)13(16-6-1-4-14-5-9-16)3-8-15-7-2-11(13)10-15/h11,14H,1-10H2,(H,17,18). The Kier molecular flexibility index (Phi) is 3.30. The predicted octanol–water partition coefficient (Wildman–Crippen LogP) is -0.169. The van der Waals surface area contributed by atoms with Gasteiger partial charge < -0.3 is 15.3 Å². The van der Waals surface area contributed by atoms with Crippen LogP contribution in [0.5, 0.6) is 0 Å². The third kappa shape index (κ3) is 1.85. The van der Waals surface area contributed by atoms with E-state index in [4.69, 9.17) is 0 Å². The highest BCUT2D eigenvalue weighted by Gasteiger charge is 2.54. The van der Waals surface area contributed by atoms with E-state index in [1.807, 2.05) is 0 Å². The van der Waals surface area contributed by atoms with E-state index in [0.717, 1.165) is 65.1 Å². The first-order valence-electron chi connectivity index (χ1n) is 7.15. The van der Waals surface area contributed by atoms with Gasteiger partial charge in [-0.05, 0) is 32.4 Å². The summed E-state index contributed by atoms with van der Waals surface area (Å²) in [5.74, 6) is -0.266. The fourth-order valence-electron chi connectivity index (χ4n) is 4.04. The number of fused-ring (bicyclic) bond motifs is 2.